The van der Waals surface area contributed by atoms with Gasteiger partial charge in [0.05, 0.1) is 0 Å². The SMILES string of the molecule is CC[I-]C(=O)NC(=O)NC. The van der Waals surface area contributed by atoms with Crippen LogP contribution >= 0.6 is 0 Å². The van der Waals surface area contributed by atoms with Gasteiger partial charge in [0.1, 0.15) is 0 Å². The zero-order valence-electron chi connectivity index (χ0n) is 5.90. The van der Waals surface area contributed by atoms with Gasteiger partial charge in [-0.25, -0.2) is 0 Å². The van der Waals surface area contributed by atoms with Gasteiger partial charge in [0.25, 0.3) is 0 Å². The van der Waals surface area contributed by atoms with Crippen LogP contribution in [0, 0.1) is 0 Å². The van der Waals surface area contributed by atoms with E-state index in [2.05, 4.69) is 10.6 Å². The van der Waals surface area contributed by atoms with E-state index < -0.39 is 27.2 Å². The summed E-state index contributed by atoms with van der Waals surface area (Å²) in [6.45, 7) is 1.93. The van der Waals surface area contributed by atoms with Gasteiger partial charge >= 0.3 is 69.8 Å². The first kappa shape index (κ1) is 9.67. The van der Waals surface area contributed by atoms with Crippen molar-refractivity contribution in [2.75, 3.05) is 11.5 Å². The van der Waals surface area contributed by atoms with Gasteiger partial charge in [-0.1, -0.05) is 0 Å². The Labute approximate surface area is 70.0 Å². The number of rotatable bonds is 2. The Morgan fingerprint density at radius 3 is 2.50 bits per heavy atom. The van der Waals surface area contributed by atoms with Gasteiger partial charge in [-0.15, -0.1) is 0 Å². The van der Waals surface area contributed by atoms with Crippen molar-refractivity contribution in [3.05, 3.63) is 0 Å². The Morgan fingerprint density at radius 2 is 2.10 bits per heavy atom. The molecule has 2 N–H and O–H groups in total. The van der Waals surface area contributed by atoms with Crippen molar-refractivity contribution in [1.29, 1.82) is 0 Å². The molecule has 0 spiro atoms. The Balaban J connectivity index is 3.47. The standard InChI is InChI=1S/C5H10IN2O2/c1-3-6-4(9)8-5(10)7-2/h3H2,1-2H3,(H2,7,8,9,10)/q-1. The number of hydrogen-bond acceptors (Lipinski definition) is 2. The molecule has 4 nitrogen and oxygen atoms in total. The summed E-state index contributed by atoms with van der Waals surface area (Å²) in [5.41, 5.74) is 0. The number of halogens is 1. The molecule has 0 saturated heterocycles. The van der Waals surface area contributed by atoms with Gasteiger partial charge in [-0.2, -0.15) is 0 Å². The monoisotopic (exact) mass is 257 g/mol. The molecule has 0 unspecified atom stereocenters. The molecule has 0 saturated carbocycles. The van der Waals surface area contributed by atoms with Crippen molar-refractivity contribution in [3.8, 4) is 0 Å². The number of carbonyl (C=O) groups excluding carboxylic acids is 2. The van der Waals surface area contributed by atoms with Crippen molar-refractivity contribution in [2.24, 2.45) is 0 Å². The zero-order chi connectivity index (χ0) is 7.98. The third-order valence-electron chi connectivity index (χ3n) is 0.694. The first-order valence-corrected chi connectivity index (χ1v) is 5.43. The van der Waals surface area contributed by atoms with Gasteiger partial charge in [0.2, 0.25) is 0 Å². The summed E-state index contributed by atoms with van der Waals surface area (Å²) in [6, 6.07) is -0.418. The maximum atomic E-state index is 10.7. The fourth-order valence-electron chi connectivity index (χ4n) is 0.307. The molecule has 10 heavy (non-hydrogen) atoms. The molecule has 0 aliphatic rings. The van der Waals surface area contributed by atoms with Crippen LogP contribution in [0.5, 0.6) is 0 Å². The van der Waals surface area contributed by atoms with E-state index >= 15 is 0 Å². The number of imide groups is 1. The molecule has 3 amide bonds. The fraction of sp³-hybridized carbons (Fsp3) is 0.600. The predicted molar refractivity (Wildman–Crippen MR) is 33.5 cm³/mol. The second kappa shape index (κ2) is 5.45. The van der Waals surface area contributed by atoms with Crippen LogP contribution in [0.4, 0.5) is 9.59 Å². The van der Waals surface area contributed by atoms with Crippen molar-refractivity contribution in [2.45, 2.75) is 6.92 Å². The van der Waals surface area contributed by atoms with E-state index in [1.165, 1.54) is 7.05 Å². The van der Waals surface area contributed by atoms with E-state index in [1.807, 2.05) is 6.92 Å². The van der Waals surface area contributed by atoms with E-state index in [9.17, 15) is 9.59 Å². The van der Waals surface area contributed by atoms with Crippen molar-refractivity contribution in [3.63, 3.8) is 0 Å². The summed E-state index contributed by atoms with van der Waals surface area (Å²) in [6.07, 6.45) is 0. The molecule has 0 bridgehead atoms. The average molecular weight is 257 g/mol. The molecule has 0 radical (unpaired) electrons. The van der Waals surface area contributed by atoms with Crippen LogP contribution in [-0.2, 0) is 0 Å². The number of amides is 3. The van der Waals surface area contributed by atoms with Crippen LogP contribution in [0.25, 0.3) is 0 Å². The van der Waals surface area contributed by atoms with Gasteiger partial charge < -0.3 is 0 Å². The Hall–Kier alpha value is -0.330. The van der Waals surface area contributed by atoms with Crippen LogP contribution in [0.15, 0.2) is 0 Å². The van der Waals surface area contributed by atoms with Crippen LogP contribution in [-0.4, -0.2) is 21.4 Å². The molecule has 0 aliphatic carbocycles. The van der Waals surface area contributed by atoms with E-state index in [1.54, 1.807) is 0 Å². The Bertz CT molecular complexity index is 138. The van der Waals surface area contributed by atoms with Crippen LogP contribution in [0.2, 0.25) is 0 Å². The normalized spacial score (nSPS) is 9.00. The van der Waals surface area contributed by atoms with Crippen molar-refractivity contribution < 1.29 is 30.8 Å². The van der Waals surface area contributed by atoms with Gasteiger partial charge in [-0.05, 0) is 0 Å². The summed E-state index contributed by atoms with van der Waals surface area (Å²) in [5, 5.41) is 4.49. The molecule has 5 heteroatoms. The van der Waals surface area contributed by atoms with Crippen LogP contribution in [0.3, 0.4) is 0 Å². The van der Waals surface area contributed by atoms with Gasteiger partial charge in [-0.3, -0.25) is 0 Å². The number of carbonyl (C=O) groups is 2. The quantitative estimate of drug-likeness (QED) is 0.242. The zero-order valence-corrected chi connectivity index (χ0v) is 8.06. The number of hydrogen-bond donors (Lipinski definition) is 2. The third kappa shape index (κ3) is 4.54. The molecule has 0 fully saturated rings. The third-order valence-corrected chi connectivity index (χ3v) is 2.42. The molecule has 0 aliphatic heterocycles. The molecule has 60 valence electrons. The fourth-order valence-corrected chi connectivity index (χ4v) is 1.43. The van der Waals surface area contributed by atoms with E-state index in [0.29, 0.717) is 0 Å². The molecule has 0 atom stereocenters. The second-order valence-corrected chi connectivity index (χ2v) is 4.65. The summed E-state index contributed by atoms with van der Waals surface area (Å²) in [4.78, 5) is 21.2. The topological polar surface area (TPSA) is 58.2 Å². The van der Waals surface area contributed by atoms with Crippen molar-refractivity contribution in [1.82, 2.24) is 10.6 Å². The van der Waals surface area contributed by atoms with Gasteiger partial charge in [0.15, 0.2) is 0 Å². The Morgan fingerprint density at radius 1 is 1.50 bits per heavy atom. The molecule has 0 aromatic carbocycles. The number of urea groups is 1. The summed E-state index contributed by atoms with van der Waals surface area (Å²) in [5.74, 6) is 0. The summed E-state index contributed by atoms with van der Waals surface area (Å²) in [7, 11) is 1.48. The number of nitrogens with one attached hydrogen (secondary N) is 2. The first-order chi connectivity index (χ1) is 4.70. The predicted octanol–water partition coefficient (Wildman–Crippen LogP) is -2.86. The second-order valence-electron chi connectivity index (χ2n) is 1.38. The maximum absolute atomic E-state index is 10.7. The van der Waals surface area contributed by atoms with Crippen molar-refractivity contribution >= 4 is 9.95 Å². The minimum absolute atomic E-state index is 0.124. The molecular formula is C5H10IN2O2-. The molecule has 0 heterocycles. The summed E-state index contributed by atoms with van der Waals surface area (Å²) < 4.78 is 0.738. The molecule has 0 aromatic heterocycles. The van der Waals surface area contributed by atoms with Crippen LogP contribution in [0.1, 0.15) is 6.92 Å². The van der Waals surface area contributed by atoms with Crippen LogP contribution < -0.4 is 31.8 Å². The minimum atomic E-state index is -0.485. The molecular weight excluding hydrogens is 247 g/mol. The first-order valence-electron chi connectivity index (χ1n) is 2.82. The molecule has 0 aromatic rings. The molecule has 0 rings (SSSR count). The number of alkyl halides is 1. The van der Waals surface area contributed by atoms with E-state index in [4.69, 9.17) is 0 Å². The Kier molecular flexibility index (Phi) is 5.27. The van der Waals surface area contributed by atoms with Gasteiger partial charge in [0, 0.05) is 0 Å². The average Bonchev–Trinajstić information content (AvgIpc) is 1.88. The van der Waals surface area contributed by atoms with E-state index in [0.717, 1.165) is 4.43 Å². The van der Waals surface area contributed by atoms with E-state index in [-0.39, 0.29) is 3.91 Å². The summed E-state index contributed by atoms with van der Waals surface area (Å²) >= 11 is -0.485.